The van der Waals surface area contributed by atoms with Crippen molar-refractivity contribution in [2.75, 3.05) is 0 Å². The van der Waals surface area contributed by atoms with Crippen LogP contribution in [0.2, 0.25) is 0 Å². The molecule has 0 bridgehead atoms. The second kappa shape index (κ2) is 16.0. The van der Waals surface area contributed by atoms with Gasteiger partial charge in [0, 0.05) is 19.3 Å². The first-order chi connectivity index (χ1) is 16.6. The van der Waals surface area contributed by atoms with Crippen LogP contribution in [-0.2, 0) is 33.6 Å². The lowest BCUT2D eigenvalue weighted by Crippen LogP contribution is -2.57. The molecule has 0 aromatic carbocycles. The monoisotopic (exact) mass is 518 g/mol. The molecule has 0 spiro atoms. The lowest BCUT2D eigenvalue weighted by Gasteiger charge is -2.25. The molecule has 15 heteroatoms. The van der Waals surface area contributed by atoms with E-state index >= 15 is 0 Å². The molecule has 0 aliphatic carbocycles. The van der Waals surface area contributed by atoms with Crippen LogP contribution >= 0.6 is 0 Å². The van der Waals surface area contributed by atoms with Crippen molar-refractivity contribution in [1.29, 1.82) is 0 Å². The largest absolute Gasteiger partial charge is 0.481 e. The predicted octanol–water partition coefficient (Wildman–Crippen LogP) is -1.51. The third kappa shape index (κ3) is 13.8. The zero-order valence-corrected chi connectivity index (χ0v) is 20.1. The summed E-state index contributed by atoms with van der Waals surface area (Å²) < 4.78 is 0. The number of rotatable bonds is 18. The molecule has 0 fully saturated rings. The first-order valence-corrected chi connectivity index (χ1v) is 11.2. The number of hydrogen-bond donors (Lipinski definition) is 8. The van der Waals surface area contributed by atoms with Gasteiger partial charge in [-0.25, -0.2) is 4.79 Å². The second-order valence-corrected chi connectivity index (χ2v) is 8.56. The maximum absolute atomic E-state index is 12.8. The Morgan fingerprint density at radius 3 is 1.28 bits per heavy atom. The van der Waals surface area contributed by atoms with E-state index in [2.05, 4.69) is 16.0 Å². The number of carboxylic acids is 4. The van der Waals surface area contributed by atoms with Crippen LogP contribution in [0.15, 0.2) is 0 Å². The van der Waals surface area contributed by atoms with Gasteiger partial charge in [0.05, 0.1) is 6.04 Å². The molecule has 204 valence electrons. The lowest BCUT2D eigenvalue weighted by molar-refractivity contribution is -0.144. The van der Waals surface area contributed by atoms with Crippen molar-refractivity contribution in [2.24, 2.45) is 11.7 Å². The molecule has 4 unspecified atom stereocenters. The van der Waals surface area contributed by atoms with Gasteiger partial charge in [-0.1, -0.05) is 13.8 Å². The van der Waals surface area contributed by atoms with Crippen molar-refractivity contribution in [2.45, 2.75) is 83.0 Å². The molecular formula is C21H34N4O11. The van der Waals surface area contributed by atoms with Gasteiger partial charge in [-0.2, -0.15) is 0 Å². The number of carboxylic acid groups (broad SMARTS) is 4. The van der Waals surface area contributed by atoms with Gasteiger partial charge in [-0.3, -0.25) is 28.8 Å². The van der Waals surface area contributed by atoms with Gasteiger partial charge in [0.15, 0.2) is 0 Å². The minimum Gasteiger partial charge on any atom is -0.481 e. The molecule has 0 aromatic rings. The zero-order valence-electron chi connectivity index (χ0n) is 20.1. The van der Waals surface area contributed by atoms with E-state index in [0.29, 0.717) is 0 Å². The minimum absolute atomic E-state index is 0.0458. The summed E-state index contributed by atoms with van der Waals surface area (Å²) in [5.41, 5.74) is 5.80. The van der Waals surface area contributed by atoms with Crippen molar-refractivity contribution in [3.8, 4) is 0 Å². The Balaban J connectivity index is 5.64. The van der Waals surface area contributed by atoms with Crippen LogP contribution in [0.25, 0.3) is 0 Å². The van der Waals surface area contributed by atoms with E-state index in [4.69, 9.17) is 21.1 Å². The van der Waals surface area contributed by atoms with Gasteiger partial charge < -0.3 is 42.1 Å². The maximum atomic E-state index is 12.8. The van der Waals surface area contributed by atoms with Crippen LogP contribution < -0.4 is 21.7 Å². The summed E-state index contributed by atoms with van der Waals surface area (Å²) in [4.78, 5) is 82.0. The average Bonchev–Trinajstić information content (AvgIpc) is 2.75. The van der Waals surface area contributed by atoms with E-state index in [9.17, 15) is 38.7 Å². The number of aliphatic carboxylic acids is 4. The molecule has 36 heavy (non-hydrogen) atoms. The number of hydrogen-bond acceptors (Lipinski definition) is 8. The highest BCUT2D eigenvalue weighted by molar-refractivity contribution is 5.94. The maximum Gasteiger partial charge on any atom is 0.326 e. The van der Waals surface area contributed by atoms with Gasteiger partial charge in [-0.15, -0.1) is 0 Å². The Labute approximate surface area is 206 Å². The number of nitrogens with one attached hydrogen (secondary N) is 3. The van der Waals surface area contributed by atoms with Crippen LogP contribution in [0, 0.1) is 5.92 Å². The fraction of sp³-hybridized carbons (Fsp3) is 0.667. The highest BCUT2D eigenvalue weighted by atomic mass is 16.4. The van der Waals surface area contributed by atoms with Crippen LogP contribution in [0.1, 0.15) is 58.8 Å². The van der Waals surface area contributed by atoms with Crippen molar-refractivity contribution in [3.05, 3.63) is 0 Å². The van der Waals surface area contributed by atoms with Crippen molar-refractivity contribution in [1.82, 2.24) is 16.0 Å². The predicted molar refractivity (Wildman–Crippen MR) is 121 cm³/mol. The smallest absolute Gasteiger partial charge is 0.326 e. The van der Waals surface area contributed by atoms with Crippen molar-refractivity contribution < 1.29 is 54.0 Å². The van der Waals surface area contributed by atoms with Gasteiger partial charge >= 0.3 is 23.9 Å². The second-order valence-electron chi connectivity index (χ2n) is 8.56. The summed E-state index contributed by atoms with van der Waals surface area (Å²) in [5, 5.41) is 42.5. The van der Waals surface area contributed by atoms with Gasteiger partial charge in [0.25, 0.3) is 0 Å². The number of nitrogens with two attached hydrogens (primary N) is 1. The molecule has 0 heterocycles. The Morgan fingerprint density at radius 2 is 0.944 bits per heavy atom. The minimum atomic E-state index is -1.63. The van der Waals surface area contributed by atoms with E-state index in [1.165, 1.54) is 0 Å². The summed E-state index contributed by atoms with van der Waals surface area (Å²) in [5.74, 6) is -8.23. The molecule has 0 radical (unpaired) electrons. The molecule has 9 N–H and O–H groups in total. The highest BCUT2D eigenvalue weighted by Crippen LogP contribution is 2.07. The van der Waals surface area contributed by atoms with Crippen molar-refractivity contribution >= 4 is 41.6 Å². The lowest BCUT2D eigenvalue weighted by atomic mass is 10.0. The Kier molecular flexibility index (Phi) is 14.4. The van der Waals surface area contributed by atoms with Gasteiger partial charge in [-0.05, 0) is 31.6 Å². The molecule has 0 aliphatic rings. The Hall–Kier alpha value is -3.75. The van der Waals surface area contributed by atoms with E-state index in [-0.39, 0.29) is 18.8 Å². The summed E-state index contributed by atoms with van der Waals surface area (Å²) in [6, 6.07) is -5.64. The number of carbonyl (C=O) groups is 7. The fourth-order valence-corrected chi connectivity index (χ4v) is 3.04. The zero-order chi connectivity index (χ0) is 28.0. The molecular weight excluding hydrogens is 484 g/mol. The molecule has 0 saturated carbocycles. The van der Waals surface area contributed by atoms with Crippen LogP contribution in [0.5, 0.6) is 0 Å². The first kappa shape index (κ1) is 32.2. The van der Waals surface area contributed by atoms with Crippen LogP contribution in [0.4, 0.5) is 0 Å². The summed E-state index contributed by atoms with van der Waals surface area (Å²) in [7, 11) is 0. The van der Waals surface area contributed by atoms with Crippen LogP contribution in [-0.4, -0.2) is 86.2 Å². The van der Waals surface area contributed by atoms with Gasteiger partial charge in [0.1, 0.15) is 18.1 Å². The quantitative estimate of drug-likeness (QED) is 0.103. The van der Waals surface area contributed by atoms with E-state index in [1.54, 1.807) is 0 Å². The average molecular weight is 519 g/mol. The normalized spacial score (nSPS) is 14.1. The fourth-order valence-electron chi connectivity index (χ4n) is 3.04. The Bertz CT molecular complexity index is 831. The van der Waals surface area contributed by atoms with E-state index in [0.717, 1.165) is 0 Å². The topological polar surface area (TPSA) is 263 Å². The van der Waals surface area contributed by atoms with Crippen molar-refractivity contribution in [3.63, 3.8) is 0 Å². The molecule has 4 atom stereocenters. The highest BCUT2D eigenvalue weighted by Gasteiger charge is 2.31. The third-order valence-electron chi connectivity index (χ3n) is 4.88. The first-order valence-electron chi connectivity index (χ1n) is 11.2. The number of amides is 3. The SMILES string of the molecule is CC(C)CC(N)C(=O)NC(CCC(=O)O)C(=O)NC(CCC(=O)O)C(=O)NC(CCC(=O)O)C(=O)O. The molecule has 0 aromatic heterocycles. The summed E-state index contributed by atoms with van der Waals surface area (Å²) >= 11 is 0. The molecule has 3 amide bonds. The van der Waals surface area contributed by atoms with Crippen LogP contribution in [0.3, 0.4) is 0 Å². The molecule has 0 rings (SSSR count). The summed E-state index contributed by atoms with van der Waals surface area (Å²) in [6.45, 7) is 3.63. The van der Waals surface area contributed by atoms with E-state index < -0.39 is 97.9 Å². The third-order valence-corrected chi connectivity index (χ3v) is 4.88. The van der Waals surface area contributed by atoms with Gasteiger partial charge in [0.2, 0.25) is 17.7 Å². The standard InChI is InChI=1S/C21H34N4O11/c1-10(2)9-11(22)18(32)23-12(3-6-15(26)27)19(33)24-13(4-7-16(28)29)20(34)25-14(21(35)36)5-8-17(30)31/h10-14H,3-9,22H2,1-2H3,(H,23,32)(H,24,33)(H,25,34)(H,26,27)(H,28,29)(H,30,31)(H,35,36). The molecule has 0 aliphatic heterocycles. The molecule has 0 saturated heterocycles. The molecule has 15 nitrogen and oxygen atoms in total. The van der Waals surface area contributed by atoms with E-state index in [1.807, 2.05) is 13.8 Å². The Morgan fingerprint density at radius 1 is 0.611 bits per heavy atom. The number of carbonyl (C=O) groups excluding carboxylic acids is 3. The summed E-state index contributed by atoms with van der Waals surface area (Å²) in [6.07, 6.45) is -2.74.